The first-order valence-electron chi connectivity index (χ1n) is 6.77. The molecule has 3 rings (SSSR count). The van der Waals surface area contributed by atoms with Crippen LogP contribution in [0.4, 0.5) is 0 Å². The van der Waals surface area contributed by atoms with Crippen molar-refractivity contribution in [3.05, 3.63) is 41.7 Å². The van der Waals surface area contributed by atoms with E-state index in [1.54, 1.807) is 28.8 Å². The lowest BCUT2D eigenvalue weighted by atomic mass is 9.93. The molecule has 114 valence electrons. The molecule has 0 radical (unpaired) electrons. The van der Waals surface area contributed by atoms with E-state index in [-0.39, 0.29) is 5.41 Å². The number of benzene rings is 1. The van der Waals surface area contributed by atoms with Crippen LogP contribution in [0.2, 0.25) is 0 Å². The normalized spacial score (nSPS) is 11.8. The molecule has 3 aromatic rings. The quantitative estimate of drug-likeness (QED) is 0.805. The number of carbonyl (C=O) groups is 1. The Bertz CT molecular complexity index is 813. The van der Waals surface area contributed by atoms with Crippen LogP contribution in [0.5, 0.6) is 10.9 Å². The van der Waals surface area contributed by atoms with Gasteiger partial charge in [0, 0.05) is 11.0 Å². The van der Waals surface area contributed by atoms with E-state index >= 15 is 0 Å². The topological polar surface area (TPSA) is 82.5 Å². The van der Waals surface area contributed by atoms with Gasteiger partial charge < -0.3 is 10.5 Å². The van der Waals surface area contributed by atoms with Gasteiger partial charge in [0.1, 0.15) is 5.75 Å². The van der Waals surface area contributed by atoms with Crippen LogP contribution in [0.3, 0.4) is 0 Å². The van der Waals surface area contributed by atoms with Crippen LogP contribution in [0.1, 0.15) is 36.8 Å². The number of rotatable bonds is 3. The largest absolute Gasteiger partial charge is 0.430 e. The lowest BCUT2D eigenvalue weighted by Gasteiger charge is -2.13. The molecule has 6 nitrogen and oxygen atoms in total. The summed E-state index contributed by atoms with van der Waals surface area (Å²) in [7, 11) is 0. The highest BCUT2D eigenvalue weighted by Gasteiger charge is 2.19. The zero-order valence-electron chi connectivity index (χ0n) is 12.5. The molecule has 1 amide bonds. The van der Waals surface area contributed by atoms with E-state index in [0.29, 0.717) is 16.5 Å². The Hall–Kier alpha value is -2.41. The Morgan fingerprint density at radius 1 is 1.36 bits per heavy atom. The van der Waals surface area contributed by atoms with Crippen LogP contribution in [0.15, 0.2) is 30.5 Å². The van der Waals surface area contributed by atoms with Gasteiger partial charge in [-0.05, 0) is 29.5 Å². The number of imidazole rings is 1. The third-order valence-corrected chi connectivity index (χ3v) is 3.92. The van der Waals surface area contributed by atoms with Gasteiger partial charge in [-0.2, -0.15) is 0 Å². The van der Waals surface area contributed by atoms with E-state index < -0.39 is 5.91 Å². The summed E-state index contributed by atoms with van der Waals surface area (Å²) in [6, 6.07) is 6.69. The van der Waals surface area contributed by atoms with E-state index in [4.69, 9.17) is 10.5 Å². The number of aromatic nitrogens is 3. The second-order valence-corrected chi connectivity index (χ2v) is 6.88. The van der Waals surface area contributed by atoms with Crippen molar-refractivity contribution in [2.45, 2.75) is 26.2 Å². The van der Waals surface area contributed by atoms with Crippen molar-refractivity contribution in [3.8, 4) is 10.9 Å². The highest BCUT2D eigenvalue weighted by atomic mass is 32.1. The van der Waals surface area contributed by atoms with Crippen LogP contribution in [0.25, 0.3) is 4.96 Å². The average molecular weight is 316 g/mol. The Balaban J connectivity index is 1.87. The maximum Gasteiger partial charge on any atom is 0.299 e. The molecule has 1 aromatic carbocycles. The summed E-state index contributed by atoms with van der Waals surface area (Å²) in [6.45, 7) is 6.31. The summed E-state index contributed by atoms with van der Waals surface area (Å²) < 4.78 is 7.38. The first-order chi connectivity index (χ1) is 10.3. The molecule has 0 aliphatic carbocycles. The Labute approximate surface area is 131 Å². The van der Waals surface area contributed by atoms with Crippen LogP contribution in [-0.2, 0) is 5.41 Å². The van der Waals surface area contributed by atoms with Gasteiger partial charge in [-0.1, -0.05) is 26.8 Å². The average Bonchev–Trinajstić information content (AvgIpc) is 2.96. The van der Waals surface area contributed by atoms with Crippen molar-refractivity contribution in [1.29, 1.82) is 0 Å². The molecule has 0 atom stereocenters. The van der Waals surface area contributed by atoms with Crippen LogP contribution >= 0.6 is 11.3 Å². The van der Waals surface area contributed by atoms with Crippen LogP contribution in [0, 0.1) is 0 Å². The lowest BCUT2D eigenvalue weighted by Crippen LogP contribution is -2.11. The van der Waals surface area contributed by atoms with Gasteiger partial charge >= 0.3 is 0 Å². The number of amides is 1. The summed E-state index contributed by atoms with van der Waals surface area (Å²) in [4.78, 5) is 16.5. The maximum absolute atomic E-state index is 11.2. The van der Waals surface area contributed by atoms with Gasteiger partial charge in [0.15, 0.2) is 0 Å². The third-order valence-electron chi connectivity index (χ3n) is 3.12. The number of carbonyl (C=O) groups excluding carboxylic acids is 1. The third kappa shape index (κ3) is 2.80. The molecule has 0 aliphatic rings. The van der Waals surface area contributed by atoms with Gasteiger partial charge in [-0.3, -0.25) is 4.79 Å². The highest BCUT2D eigenvalue weighted by molar-refractivity contribution is 7.18. The summed E-state index contributed by atoms with van der Waals surface area (Å²) >= 11 is 1.35. The number of primary amides is 1. The standard InChI is InChI=1S/C15H16N4O2S/c1-15(2,3)11-8-19-13(17-11)22-14(18-19)21-10-6-4-5-9(7-10)12(16)20/h4-8H,1-3H3,(H2,16,20). The van der Waals surface area contributed by atoms with Gasteiger partial charge in [0.2, 0.25) is 10.9 Å². The summed E-state index contributed by atoms with van der Waals surface area (Å²) in [5, 5.41) is 4.81. The van der Waals surface area contributed by atoms with Crippen molar-refractivity contribution in [1.82, 2.24) is 14.6 Å². The molecule has 22 heavy (non-hydrogen) atoms. The van der Waals surface area contributed by atoms with E-state index in [1.165, 1.54) is 11.3 Å². The molecule has 0 spiro atoms. The second-order valence-electron chi connectivity index (χ2n) is 5.97. The van der Waals surface area contributed by atoms with Crippen molar-refractivity contribution in [2.75, 3.05) is 0 Å². The summed E-state index contributed by atoms with van der Waals surface area (Å²) in [6.07, 6.45) is 1.90. The SMILES string of the molecule is CC(C)(C)c1cn2nc(Oc3cccc(C(N)=O)c3)sc2n1. The second kappa shape index (κ2) is 5.10. The number of ether oxygens (including phenoxy) is 1. The fraction of sp³-hybridized carbons (Fsp3) is 0.267. The Kier molecular flexibility index (Phi) is 3.37. The van der Waals surface area contributed by atoms with Crippen molar-refractivity contribution < 1.29 is 9.53 Å². The van der Waals surface area contributed by atoms with Crippen LogP contribution in [-0.4, -0.2) is 20.5 Å². The molecule has 2 aromatic heterocycles. The number of nitrogens with two attached hydrogens (primary N) is 1. The predicted octanol–water partition coefficient (Wildman–Crippen LogP) is 2.98. The number of hydrogen-bond donors (Lipinski definition) is 1. The highest BCUT2D eigenvalue weighted by Crippen LogP contribution is 2.29. The van der Waals surface area contributed by atoms with E-state index in [9.17, 15) is 4.79 Å². The number of fused-ring (bicyclic) bond motifs is 1. The van der Waals surface area contributed by atoms with Gasteiger partial charge in [-0.15, -0.1) is 5.10 Å². The smallest absolute Gasteiger partial charge is 0.299 e. The Morgan fingerprint density at radius 3 is 2.77 bits per heavy atom. The fourth-order valence-corrected chi connectivity index (χ4v) is 2.65. The van der Waals surface area contributed by atoms with Crippen LogP contribution < -0.4 is 10.5 Å². The Morgan fingerprint density at radius 2 is 2.14 bits per heavy atom. The van der Waals surface area contributed by atoms with Crippen molar-refractivity contribution in [2.24, 2.45) is 5.73 Å². The van der Waals surface area contributed by atoms with Crippen molar-refractivity contribution in [3.63, 3.8) is 0 Å². The molecule has 2 heterocycles. The monoisotopic (exact) mass is 316 g/mol. The summed E-state index contributed by atoms with van der Waals surface area (Å²) in [5.41, 5.74) is 6.61. The maximum atomic E-state index is 11.2. The molecule has 0 saturated heterocycles. The summed E-state index contributed by atoms with van der Waals surface area (Å²) in [5.74, 6) is 0.0264. The minimum Gasteiger partial charge on any atom is -0.430 e. The molecular weight excluding hydrogens is 300 g/mol. The minimum absolute atomic E-state index is 0.0236. The zero-order valence-corrected chi connectivity index (χ0v) is 13.3. The molecule has 0 saturated carbocycles. The van der Waals surface area contributed by atoms with E-state index in [1.807, 2.05) is 6.20 Å². The molecule has 7 heteroatoms. The van der Waals surface area contributed by atoms with E-state index in [0.717, 1.165) is 10.7 Å². The van der Waals surface area contributed by atoms with E-state index in [2.05, 4.69) is 30.9 Å². The first kappa shape index (κ1) is 14.5. The van der Waals surface area contributed by atoms with Gasteiger partial charge in [0.25, 0.3) is 5.19 Å². The number of hydrogen-bond acceptors (Lipinski definition) is 5. The van der Waals surface area contributed by atoms with Gasteiger partial charge in [-0.25, -0.2) is 9.50 Å². The lowest BCUT2D eigenvalue weighted by molar-refractivity contribution is 0.1000. The van der Waals surface area contributed by atoms with Gasteiger partial charge in [0.05, 0.1) is 11.9 Å². The molecule has 0 fully saturated rings. The number of nitrogens with zero attached hydrogens (tertiary/aromatic N) is 3. The molecule has 0 bridgehead atoms. The first-order valence-corrected chi connectivity index (χ1v) is 7.59. The molecular formula is C15H16N4O2S. The molecule has 0 aliphatic heterocycles. The molecule has 2 N–H and O–H groups in total. The van der Waals surface area contributed by atoms with Crippen molar-refractivity contribution >= 4 is 22.2 Å². The predicted molar refractivity (Wildman–Crippen MR) is 84.6 cm³/mol. The molecule has 0 unspecified atom stereocenters. The fourth-order valence-electron chi connectivity index (χ4n) is 1.90. The minimum atomic E-state index is -0.491. The zero-order chi connectivity index (χ0) is 15.9.